The van der Waals surface area contributed by atoms with Gasteiger partial charge in [0, 0.05) is 26.1 Å². The fourth-order valence-corrected chi connectivity index (χ4v) is 1.78. The SMILES string of the molecule is CNC[C@H]1N[C@H](CNC(C)=O)[C@@H](O)[C@@H]1O. The van der Waals surface area contributed by atoms with Gasteiger partial charge in [0.2, 0.25) is 5.91 Å². The van der Waals surface area contributed by atoms with Gasteiger partial charge < -0.3 is 26.2 Å². The van der Waals surface area contributed by atoms with Crippen LogP contribution in [0.4, 0.5) is 0 Å². The van der Waals surface area contributed by atoms with E-state index >= 15 is 0 Å². The first kappa shape index (κ1) is 12.4. The maximum atomic E-state index is 10.7. The Morgan fingerprint density at radius 2 is 1.80 bits per heavy atom. The molecule has 0 aromatic rings. The largest absolute Gasteiger partial charge is 0.389 e. The molecule has 88 valence electrons. The number of carbonyl (C=O) groups excluding carboxylic acids is 1. The van der Waals surface area contributed by atoms with Crippen molar-refractivity contribution in [3.63, 3.8) is 0 Å². The van der Waals surface area contributed by atoms with Crippen molar-refractivity contribution >= 4 is 5.91 Å². The number of likely N-dealkylation sites (N-methyl/N-ethyl adjacent to an activating group) is 1. The first-order chi connectivity index (χ1) is 7.06. The quantitative estimate of drug-likeness (QED) is 0.356. The summed E-state index contributed by atoms with van der Waals surface area (Å²) in [4.78, 5) is 10.7. The zero-order valence-electron chi connectivity index (χ0n) is 9.03. The number of hydrogen-bond donors (Lipinski definition) is 5. The van der Waals surface area contributed by atoms with Gasteiger partial charge in [-0.25, -0.2) is 0 Å². The maximum absolute atomic E-state index is 10.7. The van der Waals surface area contributed by atoms with Crippen LogP contribution in [0.3, 0.4) is 0 Å². The summed E-state index contributed by atoms with van der Waals surface area (Å²) in [5.74, 6) is -0.143. The third-order valence-corrected chi connectivity index (χ3v) is 2.60. The first-order valence-corrected chi connectivity index (χ1v) is 5.07. The van der Waals surface area contributed by atoms with Crippen LogP contribution in [-0.4, -0.2) is 60.5 Å². The van der Waals surface area contributed by atoms with Crippen molar-refractivity contribution in [3.05, 3.63) is 0 Å². The van der Waals surface area contributed by atoms with Crippen molar-refractivity contribution < 1.29 is 15.0 Å². The Morgan fingerprint density at radius 3 is 2.27 bits per heavy atom. The number of aliphatic hydroxyl groups is 2. The lowest BCUT2D eigenvalue weighted by Crippen LogP contribution is -2.44. The van der Waals surface area contributed by atoms with Crippen LogP contribution in [-0.2, 0) is 4.79 Å². The van der Waals surface area contributed by atoms with Gasteiger partial charge in [-0.2, -0.15) is 0 Å². The first-order valence-electron chi connectivity index (χ1n) is 5.07. The second-order valence-electron chi connectivity index (χ2n) is 3.86. The summed E-state index contributed by atoms with van der Waals surface area (Å²) < 4.78 is 0. The highest BCUT2D eigenvalue weighted by molar-refractivity contribution is 5.72. The highest BCUT2D eigenvalue weighted by Crippen LogP contribution is 2.13. The highest BCUT2D eigenvalue weighted by Gasteiger charge is 2.40. The molecule has 0 unspecified atom stereocenters. The standard InChI is InChI=1S/C9H19N3O3/c1-5(13)11-4-7-9(15)8(14)6(12-7)3-10-2/h6-10,12,14-15H,3-4H2,1-2H3,(H,11,13)/t6-,7-,8-,9-/m1/s1. The van der Waals surface area contributed by atoms with E-state index in [4.69, 9.17) is 0 Å². The van der Waals surface area contributed by atoms with Crippen LogP contribution < -0.4 is 16.0 Å². The van der Waals surface area contributed by atoms with Gasteiger partial charge in [-0.05, 0) is 7.05 Å². The van der Waals surface area contributed by atoms with E-state index in [-0.39, 0.29) is 18.0 Å². The van der Waals surface area contributed by atoms with Gasteiger partial charge in [-0.3, -0.25) is 4.79 Å². The van der Waals surface area contributed by atoms with Gasteiger partial charge in [-0.15, -0.1) is 0 Å². The summed E-state index contributed by atoms with van der Waals surface area (Å²) in [5.41, 5.74) is 0. The molecule has 5 N–H and O–H groups in total. The molecule has 0 aromatic carbocycles. The monoisotopic (exact) mass is 217 g/mol. The summed E-state index contributed by atoms with van der Waals surface area (Å²) >= 11 is 0. The Balaban J connectivity index is 2.43. The molecule has 0 spiro atoms. The minimum absolute atomic E-state index is 0.143. The van der Waals surface area contributed by atoms with Gasteiger partial charge in [0.25, 0.3) is 0 Å². The molecule has 1 rings (SSSR count). The van der Waals surface area contributed by atoms with Crippen LogP contribution in [0.5, 0.6) is 0 Å². The Morgan fingerprint density at radius 1 is 1.27 bits per heavy atom. The van der Waals surface area contributed by atoms with E-state index < -0.39 is 12.2 Å². The molecule has 1 amide bonds. The number of nitrogens with one attached hydrogen (secondary N) is 3. The van der Waals surface area contributed by atoms with E-state index in [1.54, 1.807) is 7.05 Å². The van der Waals surface area contributed by atoms with Crippen molar-refractivity contribution in [2.75, 3.05) is 20.1 Å². The molecule has 1 heterocycles. The van der Waals surface area contributed by atoms with Crippen molar-refractivity contribution in [3.8, 4) is 0 Å². The predicted molar refractivity (Wildman–Crippen MR) is 55.3 cm³/mol. The van der Waals surface area contributed by atoms with Gasteiger partial charge >= 0.3 is 0 Å². The predicted octanol–water partition coefficient (Wildman–Crippen LogP) is -2.60. The molecule has 4 atom stereocenters. The van der Waals surface area contributed by atoms with Crippen molar-refractivity contribution in [2.24, 2.45) is 0 Å². The fraction of sp³-hybridized carbons (Fsp3) is 0.889. The molecule has 1 aliphatic rings. The van der Waals surface area contributed by atoms with Crippen LogP contribution in [0.1, 0.15) is 6.92 Å². The van der Waals surface area contributed by atoms with E-state index in [1.807, 2.05) is 0 Å². The third-order valence-electron chi connectivity index (χ3n) is 2.60. The topological polar surface area (TPSA) is 93.6 Å². The maximum Gasteiger partial charge on any atom is 0.216 e. The van der Waals surface area contributed by atoms with Gasteiger partial charge in [0.1, 0.15) is 0 Å². The Labute approximate surface area is 89.1 Å². The number of carbonyl (C=O) groups is 1. The van der Waals surface area contributed by atoms with E-state index in [0.29, 0.717) is 13.1 Å². The van der Waals surface area contributed by atoms with Gasteiger partial charge in [0.05, 0.1) is 18.2 Å². The van der Waals surface area contributed by atoms with E-state index in [9.17, 15) is 15.0 Å². The lowest BCUT2D eigenvalue weighted by atomic mass is 10.1. The molecular weight excluding hydrogens is 198 g/mol. The number of hydrogen-bond acceptors (Lipinski definition) is 5. The van der Waals surface area contributed by atoms with Crippen LogP contribution in [0.2, 0.25) is 0 Å². The highest BCUT2D eigenvalue weighted by atomic mass is 16.3. The van der Waals surface area contributed by atoms with Crippen LogP contribution >= 0.6 is 0 Å². The lowest BCUT2D eigenvalue weighted by Gasteiger charge is -2.15. The van der Waals surface area contributed by atoms with Crippen LogP contribution in [0, 0.1) is 0 Å². The normalized spacial score (nSPS) is 35.5. The summed E-state index contributed by atoms with van der Waals surface area (Å²) in [6, 6.07) is -0.467. The zero-order valence-corrected chi connectivity index (χ0v) is 9.03. The van der Waals surface area contributed by atoms with Crippen molar-refractivity contribution in [1.82, 2.24) is 16.0 Å². The molecule has 0 aromatic heterocycles. The summed E-state index contributed by atoms with van der Waals surface area (Å²) in [6.07, 6.45) is -1.63. The Kier molecular flexibility index (Phi) is 4.46. The summed E-state index contributed by atoms with van der Waals surface area (Å²) in [7, 11) is 1.78. The molecule has 1 fully saturated rings. The molecule has 0 radical (unpaired) electrons. The molecule has 0 saturated carbocycles. The molecule has 1 aliphatic heterocycles. The third kappa shape index (κ3) is 3.13. The fourth-order valence-electron chi connectivity index (χ4n) is 1.78. The van der Waals surface area contributed by atoms with Crippen LogP contribution in [0.15, 0.2) is 0 Å². The second kappa shape index (κ2) is 5.41. The molecule has 0 aliphatic carbocycles. The van der Waals surface area contributed by atoms with Crippen molar-refractivity contribution in [1.29, 1.82) is 0 Å². The molecule has 0 bridgehead atoms. The second-order valence-corrected chi connectivity index (χ2v) is 3.86. The molecule has 6 nitrogen and oxygen atoms in total. The summed E-state index contributed by atoms with van der Waals surface area (Å²) in [5, 5.41) is 27.9. The minimum atomic E-state index is -0.838. The lowest BCUT2D eigenvalue weighted by molar-refractivity contribution is -0.119. The van der Waals surface area contributed by atoms with E-state index in [2.05, 4.69) is 16.0 Å². The van der Waals surface area contributed by atoms with Gasteiger partial charge in [0.15, 0.2) is 0 Å². The average molecular weight is 217 g/mol. The molecule has 15 heavy (non-hydrogen) atoms. The minimum Gasteiger partial charge on any atom is -0.389 e. The zero-order chi connectivity index (χ0) is 11.4. The van der Waals surface area contributed by atoms with Crippen LogP contribution in [0.25, 0.3) is 0 Å². The Bertz CT molecular complexity index is 225. The average Bonchev–Trinajstić information content (AvgIpc) is 2.44. The van der Waals surface area contributed by atoms with Gasteiger partial charge in [-0.1, -0.05) is 0 Å². The smallest absolute Gasteiger partial charge is 0.216 e. The summed E-state index contributed by atoms with van der Waals surface area (Å²) in [6.45, 7) is 2.32. The Hall–Kier alpha value is -0.690. The number of rotatable bonds is 4. The van der Waals surface area contributed by atoms with Crippen molar-refractivity contribution in [2.45, 2.75) is 31.2 Å². The molecule has 6 heteroatoms. The van der Waals surface area contributed by atoms with E-state index in [0.717, 1.165) is 0 Å². The van der Waals surface area contributed by atoms with E-state index in [1.165, 1.54) is 6.92 Å². The molecular formula is C9H19N3O3. The number of aliphatic hydroxyl groups excluding tert-OH is 2. The molecule has 1 saturated heterocycles. The number of amides is 1.